The molecule has 0 aliphatic rings. The number of benzene rings is 3. The van der Waals surface area contributed by atoms with Crippen LogP contribution in [-0.4, -0.2) is 51.4 Å². The lowest BCUT2D eigenvalue weighted by atomic mass is 10.1. The van der Waals surface area contributed by atoms with E-state index >= 15 is 0 Å². The number of ether oxygens (including phenoxy) is 1. The largest absolute Gasteiger partial charge is 0.492 e. The number of anilines is 1. The molecule has 3 aromatic rings. The Bertz CT molecular complexity index is 1320. The second-order valence-electron chi connectivity index (χ2n) is 8.16. The minimum atomic E-state index is -4.20. The van der Waals surface area contributed by atoms with Crippen molar-refractivity contribution in [2.24, 2.45) is 0 Å². The van der Waals surface area contributed by atoms with E-state index < -0.39 is 40.2 Å². The molecule has 0 heterocycles. The van der Waals surface area contributed by atoms with Gasteiger partial charge in [0.15, 0.2) is 0 Å². The molecule has 0 aromatic heterocycles. The van der Waals surface area contributed by atoms with Crippen LogP contribution >= 0.6 is 0 Å². The summed E-state index contributed by atoms with van der Waals surface area (Å²) in [7, 11) is -2.75. The quantitative estimate of drug-likeness (QED) is 0.411. The molecule has 8 nitrogen and oxygen atoms in total. The van der Waals surface area contributed by atoms with E-state index in [9.17, 15) is 22.4 Å². The molecule has 2 amide bonds. The molecule has 10 heteroatoms. The monoisotopic (exact) mass is 527 g/mol. The van der Waals surface area contributed by atoms with Crippen molar-refractivity contribution in [2.75, 3.05) is 24.5 Å². The van der Waals surface area contributed by atoms with Gasteiger partial charge in [-0.2, -0.15) is 0 Å². The minimum absolute atomic E-state index is 0.00136. The third kappa shape index (κ3) is 6.65. The maximum Gasteiger partial charge on any atom is 0.264 e. The van der Waals surface area contributed by atoms with Gasteiger partial charge in [-0.15, -0.1) is 0 Å². The summed E-state index contributed by atoms with van der Waals surface area (Å²) in [6.45, 7) is 2.98. The summed E-state index contributed by atoms with van der Waals surface area (Å²) in [5.74, 6) is -1.19. The maximum absolute atomic E-state index is 13.8. The van der Waals surface area contributed by atoms with Gasteiger partial charge in [-0.3, -0.25) is 13.9 Å². The summed E-state index contributed by atoms with van der Waals surface area (Å²) in [4.78, 5) is 27.5. The number of likely N-dealkylation sites (N-methyl/N-ethyl adjacent to an activating group) is 1. The van der Waals surface area contributed by atoms with Gasteiger partial charge in [-0.25, -0.2) is 12.8 Å². The molecule has 0 radical (unpaired) electrons. The van der Waals surface area contributed by atoms with Crippen molar-refractivity contribution in [2.45, 2.75) is 31.3 Å². The average molecular weight is 528 g/mol. The maximum atomic E-state index is 13.8. The van der Waals surface area contributed by atoms with Crippen LogP contribution < -0.4 is 14.4 Å². The Kier molecular flexibility index (Phi) is 9.24. The molecule has 196 valence electrons. The highest BCUT2D eigenvalue weighted by molar-refractivity contribution is 7.92. The summed E-state index contributed by atoms with van der Waals surface area (Å²) < 4.78 is 47.7. The van der Waals surface area contributed by atoms with Crippen LogP contribution in [0.4, 0.5) is 10.1 Å². The fraction of sp³-hybridized carbons (Fsp3) is 0.259. The Labute approximate surface area is 216 Å². The molecule has 0 aliphatic carbocycles. The predicted octanol–water partition coefficient (Wildman–Crippen LogP) is 3.58. The molecule has 37 heavy (non-hydrogen) atoms. The van der Waals surface area contributed by atoms with Crippen LogP contribution in [0, 0.1) is 5.82 Å². The molecule has 1 atom stereocenters. The van der Waals surface area contributed by atoms with Gasteiger partial charge >= 0.3 is 0 Å². The topological polar surface area (TPSA) is 96.0 Å². The number of hydrogen-bond acceptors (Lipinski definition) is 5. The third-order valence-electron chi connectivity index (χ3n) is 5.72. The van der Waals surface area contributed by atoms with Crippen molar-refractivity contribution in [1.29, 1.82) is 0 Å². The number of amides is 2. The number of sulfonamides is 1. The highest BCUT2D eigenvalue weighted by Crippen LogP contribution is 2.32. The van der Waals surface area contributed by atoms with E-state index in [0.29, 0.717) is 11.3 Å². The fourth-order valence-corrected chi connectivity index (χ4v) is 5.20. The Morgan fingerprint density at radius 3 is 2.22 bits per heavy atom. The first-order valence-electron chi connectivity index (χ1n) is 11.7. The second-order valence-corrected chi connectivity index (χ2v) is 10.0. The zero-order chi connectivity index (χ0) is 27.0. The molecule has 0 unspecified atom stereocenters. The van der Waals surface area contributed by atoms with Gasteiger partial charge in [0.1, 0.15) is 24.2 Å². The Morgan fingerprint density at radius 1 is 0.973 bits per heavy atom. The van der Waals surface area contributed by atoms with Crippen LogP contribution in [0.3, 0.4) is 0 Å². The van der Waals surface area contributed by atoms with Crippen molar-refractivity contribution < 1.29 is 27.1 Å². The fourth-order valence-electron chi connectivity index (χ4n) is 3.75. The lowest BCUT2D eigenvalue weighted by Gasteiger charge is -2.32. The SMILES string of the molecule is CCOc1ccccc1N(CC(=O)N(Cc1ccc(F)cc1)[C@H](C)C(=O)NC)S(=O)(=O)c1ccccc1. The van der Waals surface area contributed by atoms with Crippen molar-refractivity contribution in [3.63, 3.8) is 0 Å². The number of carbonyl (C=O) groups excluding carboxylic acids is 2. The first-order chi connectivity index (χ1) is 17.7. The van der Waals surface area contributed by atoms with Gasteiger partial charge < -0.3 is 15.0 Å². The molecular weight excluding hydrogens is 497 g/mol. The van der Waals surface area contributed by atoms with E-state index in [0.717, 1.165) is 4.31 Å². The summed E-state index contributed by atoms with van der Waals surface area (Å²) in [6, 6.07) is 18.9. The number of para-hydroxylation sites is 2. The normalized spacial score (nSPS) is 11.9. The van der Waals surface area contributed by atoms with Crippen LogP contribution in [0.5, 0.6) is 5.75 Å². The first-order valence-corrected chi connectivity index (χ1v) is 13.2. The average Bonchev–Trinajstić information content (AvgIpc) is 2.91. The Hall–Kier alpha value is -3.92. The van der Waals surface area contributed by atoms with Crippen molar-refractivity contribution in [3.05, 3.63) is 90.2 Å². The van der Waals surface area contributed by atoms with E-state index in [1.54, 1.807) is 56.3 Å². The van der Waals surface area contributed by atoms with Crippen molar-refractivity contribution in [3.8, 4) is 5.75 Å². The molecule has 1 N–H and O–H groups in total. The van der Waals surface area contributed by atoms with E-state index in [-0.39, 0.29) is 23.7 Å². The number of rotatable bonds is 11. The minimum Gasteiger partial charge on any atom is -0.492 e. The van der Waals surface area contributed by atoms with Gasteiger partial charge in [0.25, 0.3) is 10.0 Å². The van der Waals surface area contributed by atoms with E-state index in [2.05, 4.69) is 5.32 Å². The van der Waals surface area contributed by atoms with Gasteiger partial charge in [0.05, 0.1) is 17.2 Å². The summed E-state index contributed by atoms with van der Waals surface area (Å²) in [5, 5.41) is 2.52. The van der Waals surface area contributed by atoms with Crippen LogP contribution in [0.25, 0.3) is 0 Å². The predicted molar refractivity (Wildman–Crippen MR) is 139 cm³/mol. The summed E-state index contributed by atoms with van der Waals surface area (Å²) in [6.07, 6.45) is 0. The van der Waals surface area contributed by atoms with Gasteiger partial charge in [0, 0.05) is 13.6 Å². The summed E-state index contributed by atoms with van der Waals surface area (Å²) in [5.41, 5.74) is 0.772. The molecule has 0 saturated heterocycles. The lowest BCUT2D eigenvalue weighted by molar-refractivity contribution is -0.139. The highest BCUT2D eigenvalue weighted by Gasteiger charge is 2.33. The van der Waals surface area contributed by atoms with Gasteiger partial charge in [-0.05, 0) is 55.8 Å². The van der Waals surface area contributed by atoms with Crippen LogP contribution in [0.2, 0.25) is 0 Å². The number of hydrogen-bond donors (Lipinski definition) is 1. The lowest BCUT2D eigenvalue weighted by Crippen LogP contribution is -2.50. The number of halogens is 1. The summed E-state index contributed by atoms with van der Waals surface area (Å²) >= 11 is 0. The molecule has 3 rings (SSSR count). The third-order valence-corrected chi connectivity index (χ3v) is 7.50. The van der Waals surface area contributed by atoms with Gasteiger partial charge in [0.2, 0.25) is 11.8 Å². The zero-order valence-electron chi connectivity index (χ0n) is 20.9. The van der Waals surface area contributed by atoms with Crippen molar-refractivity contribution in [1.82, 2.24) is 10.2 Å². The number of carbonyl (C=O) groups is 2. The first kappa shape index (κ1) is 27.7. The second kappa shape index (κ2) is 12.4. The van der Waals surface area contributed by atoms with E-state index in [1.165, 1.54) is 48.3 Å². The Morgan fingerprint density at radius 2 is 1.59 bits per heavy atom. The highest BCUT2D eigenvalue weighted by atomic mass is 32.2. The molecule has 3 aromatic carbocycles. The zero-order valence-corrected chi connectivity index (χ0v) is 21.7. The number of nitrogens with one attached hydrogen (secondary N) is 1. The number of nitrogens with zero attached hydrogens (tertiary/aromatic N) is 2. The molecule has 0 aliphatic heterocycles. The van der Waals surface area contributed by atoms with Crippen molar-refractivity contribution >= 4 is 27.5 Å². The van der Waals surface area contributed by atoms with E-state index in [4.69, 9.17) is 4.74 Å². The molecular formula is C27H30FN3O5S. The van der Waals surface area contributed by atoms with Crippen LogP contribution in [0.1, 0.15) is 19.4 Å². The molecule has 0 spiro atoms. The van der Waals surface area contributed by atoms with Crippen LogP contribution in [-0.2, 0) is 26.2 Å². The molecule has 0 fully saturated rings. The molecule has 0 bridgehead atoms. The smallest absolute Gasteiger partial charge is 0.264 e. The van der Waals surface area contributed by atoms with E-state index in [1.807, 2.05) is 0 Å². The van der Waals surface area contributed by atoms with Crippen LogP contribution in [0.15, 0.2) is 83.8 Å². The standard InChI is InChI=1S/C27H30FN3O5S/c1-4-36-25-13-9-8-12-24(25)31(37(34,35)23-10-6-5-7-11-23)19-26(32)30(20(2)27(33)29-3)18-21-14-16-22(28)17-15-21/h5-17,20H,4,18-19H2,1-3H3,(H,29,33)/t20-/m1/s1. The molecule has 0 saturated carbocycles. The Balaban J connectivity index is 2.06. The van der Waals surface area contributed by atoms with Gasteiger partial charge in [-0.1, -0.05) is 42.5 Å².